The number of nitrogens with one attached hydrogen (secondary N) is 1. The highest BCUT2D eigenvalue weighted by Gasteiger charge is 2.35. The molecule has 0 saturated carbocycles. The second kappa shape index (κ2) is 11.5. The van der Waals surface area contributed by atoms with Gasteiger partial charge in [0.25, 0.3) is 5.91 Å². The number of nitrogens with zero attached hydrogens (tertiary/aromatic N) is 4. The van der Waals surface area contributed by atoms with Gasteiger partial charge in [-0.3, -0.25) is 9.59 Å². The van der Waals surface area contributed by atoms with Gasteiger partial charge >= 0.3 is 0 Å². The van der Waals surface area contributed by atoms with Crippen molar-refractivity contribution in [2.45, 2.75) is 32.2 Å². The molecule has 3 aromatic carbocycles. The van der Waals surface area contributed by atoms with Gasteiger partial charge < -0.3 is 10.2 Å². The molecule has 0 aromatic heterocycles. The van der Waals surface area contributed by atoms with Crippen LogP contribution in [0.4, 0.5) is 11.4 Å². The average Bonchev–Trinajstić information content (AvgIpc) is 3.31. The molecular weight excluding hydrogens is 474 g/mol. The number of rotatable bonds is 7. The Labute approximate surface area is 215 Å². The number of aryl methyl sites for hydroxylation is 1. The highest BCUT2D eigenvalue weighted by molar-refractivity contribution is 6.30. The van der Waals surface area contributed by atoms with Crippen molar-refractivity contribution in [1.29, 1.82) is 5.26 Å². The van der Waals surface area contributed by atoms with E-state index in [1.165, 1.54) is 5.01 Å². The maximum Gasteiger partial charge on any atom is 0.252 e. The van der Waals surface area contributed by atoms with Crippen molar-refractivity contribution >= 4 is 40.6 Å². The number of carbonyl (C=O) groups excluding carboxylic acids is 2. The highest BCUT2D eigenvalue weighted by Crippen LogP contribution is 2.34. The summed E-state index contributed by atoms with van der Waals surface area (Å²) in [5.74, 6) is -0.158. The Morgan fingerprint density at radius 3 is 2.56 bits per heavy atom. The van der Waals surface area contributed by atoms with Gasteiger partial charge in [0.1, 0.15) is 12.3 Å². The SMILES string of the molecule is Cc1cccc(NC(=O)CC(=O)N2N=C(N(CCC#N)c3ccc(Cl)cc3)CC2c2ccccc2)c1. The standard InChI is InChI=1S/C28H26ClN5O2/c1-20-7-5-10-23(17-20)31-27(35)19-28(36)34-25(21-8-3-2-4-9-21)18-26(32-34)33(16-6-15-30)24-13-11-22(29)12-14-24/h2-5,7-14,17,25H,6,16,18-19H2,1H3,(H,31,35). The second-order valence-corrected chi connectivity index (χ2v) is 8.95. The van der Waals surface area contributed by atoms with Gasteiger partial charge in [0.15, 0.2) is 0 Å². The Morgan fingerprint density at radius 2 is 1.86 bits per heavy atom. The van der Waals surface area contributed by atoms with Crippen LogP contribution in [0.15, 0.2) is 84.0 Å². The molecule has 2 amide bonds. The number of anilines is 2. The Kier molecular flexibility index (Phi) is 7.99. The van der Waals surface area contributed by atoms with Crippen molar-refractivity contribution in [2.24, 2.45) is 5.10 Å². The lowest BCUT2D eigenvalue weighted by atomic mass is 10.0. The third-order valence-corrected chi connectivity index (χ3v) is 6.10. The quantitative estimate of drug-likeness (QED) is 0.423. The summed E-state index contributed by atoms with van der Waals surface area (Å²) in [6.07, 6.45) is 0.390. The maximum absolute atomic E-state index is 13.3. The summed E-state index contributed by atoms with van der Waals surface area (Å²) in [6.45, 7) is 2.35. The van der Waals surface area contributed by atoms with Crippen molar-refractivity contribution in [2.75, 3.05) is 16.8 Å². The number of benzene rings is 3. The lowest BCUT2D eigenvalue weighted by molar-refractivity contribution is -0.136. The zero-order valence-electron chi connectivity index (χ0n) is 19.9. The summed E-state index contributed by atoms with van der Waals surface area (Å²) < 4.78 is 0. The van der Waals surface area contributed by atoms with Gasteiger partial charge in [-0.05, 0) is 54.4 Å². The fourth-order valence-electron chi connectivity index (χ4n) is 4.16. The van der Waals surface area contributed by atoms with E-state index in [1.807, 2.05) is 72.5 Å². The minimum absolute atomic E-state index is 0.282. The molecule has 1 aliphatic heterocycles. The third-order valence-electron chi connectivity index (χ3n) is 5.84. The molecule has 0 radical (unpaired) electrons. The van der Waals surface area contributed by atoms with Crippen LogP contribution < -0.4 is 10.2 Å². The Morgan fingerprint density at radius 1 is 1.11 bits per heavy atom. The van der Waals surface area contributed by atoms with Crippen LogP contribution in [-0.4, -0.2) is 29.2 Å². The van der Waals surface area contributed by atoms with Gasteiger partial charge in [-0.1, -0.05) is 54.1 Å². The molecule has 0 saturated heterocycles. The van der Waals surface area contributed by atoms with E-state index >= 15 is 0 Å². The molecule has 0 aliphatic carbocycles. The van der Waals surface area contributed by atoms with Crippen molar-refractivity contribution in [3.8, 4) is 6.07 Å². The highest BCUT2D eigenvalue weighted by atomic mass is 35.5. The molecule has 3 aromatic rings. The molecule has 8 heteroatoms. The van der Waals surface area contributed by atoms with Crippen LogP contribution in [0.1, 0.15) is 36.4 Å². The minimum Gasteiger partial charge on any atom is -0.327 e. The van der Waals surface area contributed by atoms with Crippen LogP contribution in [-0.2, 0) is 9.59 Å². The Hall–Kier alpha value is -4.15. The smallest absolute Gasteiger partial charge is 0.252 e. The first kappa shape index (κ1) is 25.0. The third kappa shape index (κ3) is 6.09. The predicted molar refractivity (Wildman–Crippen MR) is 142 cm³/mol. The first-order valence-corrected chi connectivity index (χ1v) is 12.0. The first-order chi connectivity index (χ1) is 17.4. The van der Waals surface area contributed by atoms with Crippen LogP contribution in [0, 0.1) is 18.3 Å². The van der Waals surface area contributed by atoms with E-state index < -0.39 is 11.8 Å². The van der Waals surface area contributed by atoms with E-state index in [-0.39, 0.29) is 18.9 Å². The molecule has 36 heavy (non-hydrogen) atoms. The first-order valence-electron chi connectivity index (χ1n) is 11.7. The van der Waals surface area contributed by atoms with E-state index in [0.717, 1.165) is 16.8 Å². The molecule has 1 unspecified atom stereocenters. The number of nitriles is 1. The fraction of sp³-hybridized carbons (Fsp3) is 0.214. The largest absolute Gasteiger partial charge is 0.327 e. The van der Waals surface area contributed by atoms with E-state index in [1.54, 1.807) is 18.2 Å². The maximum atomic E-state index is 13.3. The van der Waals surface area contributed by atoms with Gasteiger partial charge in [0.05, 0.1) is 18.5 Å². The lowest BCUT2D eigenvalue weighted by Gasteiger charge is -2.23. The summed E-state index contributed by atoms with van der Waals surface area (Å²) in [5, 5.41) is 18.7. The lowest BCUT2D eigenvalue weighted by Crippen LogP contribution is -2.31. The van der Waals surface area contributed by atoms with Gasteiger partial charge in [0.2, 0.25) is 5.91 Å². The van der Waals surface area contributed by atoms with E-state index in [2.05, 4.69) is 16.5 Å². The molecule has 0 spiro atoms. The van der Waals surface area contributed by atoms with Gasteiger partial charge in [-0.2, -0.15) is 10.4 Å². The molecule has 1 N–H and O–H groups in total. The van der Waals surface area contributed by atoms with Crippen molar-refractivity contribution in [3.63, 3.8) is 0 Å². The fourth-order valence-corrected chi connectivity index (χ4v) is 4.28. The summed E-state index contributed by atoms with van der Waals surface area (Å²) >= 11 is 6.07. The number of hydrazone groups is 1. The molecular formula is C28H26ClN5O2. The summed E-state index contributed by atoms with van der Waals surface area (Å²) in [4.78, 5) is 27.9. The van der Waals surface area contributed by atoms with Crippen molar-refractivity contribution in [1.82, 2.24) is 5.01 Å². The number of halogens is 1. The number of hydrogen-bond donors (Lipinski definition) is 1. The number of amidine groups is 1. The Balaban J connectivity index is 1.60. The van der Waals surface area contributed by atoms with Gasteiger partial charge in [-0.15, -0.1) is 0 Å². The van der Waals surface area contributed by atoms with Gasteiger partial charge in [0, 0.05) is 29.4 Å². The molecule has 0 bridgehead atoms. The number of hydrogen-bond acceptors (Lipinski definition) is 5. The molecule has 1 aliphatic rings. The average molecular weight is 500 g/mol. The van der Waals surface area contributed by atoms with Gasteiger partial charge in [-0.25, -0.2) is 5.01 Å². The van der Waals surface area contributed by atoms with Crippen molar-refractivity contribution in [3.05, 3.63) is 95.0 Å². The molecule has 7 nitrogen and oxygen atoms in total. The Bertz CT molecular complexity index is 1300. The topological polar surface area (TPSA) is 88.8 Å². The van der Waals surface area contributed by atoms with E-state index in [0.29, 0.717) is 29.5 Å². The normalized spacial score (nSPS) is 14.6. The summed E-state index contributed by atoms with van der Waals surface area (Å²) in [5.41, 5.74) is 3.40. The molecule has 1 atom stereocenters. The van der Waals surface area contributed by atoms with E-state index in [4.69, 9.17) is 11.6 Å². The van der Waals surface area contributed by atoms with Crippen molar-refractivity contribution < 1.29 is 9.59 Å². The summed E-state index contributed by atoms with van der Waals surface area (Å²) in [7, 11) is 0. The minimum atomic E-state index is -0.403. The van der Waals surface area contributed by atoms with Crippen LogP contribution in [0.5, 0.6) is 0 Å². The number of carbonyl (C=O) groups is 2. The molecule has 4 rings (SSSR count). The van der Waals surface area contributed by atoms with Crippen LogP contribution in [0.2, 0.25) is 5.02 Å². The molecule has 0 fully saturated rings. The van der Waals surface area contributed by atoms with Crippen LogP contribution in [0.3, 0.4) is 0 Å². The molecule has 182 valence electrons. The second-order valence-electron chi connectivity index (χ2n) is 8.52. The predicted octanol–water partition coefficient (Wildman–Crippen LogP) is 5.68. The van der Waals surface area contributed by atoms with Crippen LogP contribution >= 0.6 is 11.6 Å². The zero-order valence-corrected chi connectivity index (χ0v) is 20.7. The number of amides is 2. The summed E-state index contributed by atoms with van der Waals surface area (Å²) in [6, 6.07) is 26.1. The molecule has 1 heterocycles. The zero-order chi connectivity index (χ0) is 25.5. The van der Waals surface area contributed by atoms with Crippen LogP contribution in [0.25, 0.3) is 0 Å². The monoisotopic (exact) mass is 499 g/mol. The van der Waals surface area contributed by atoms with E-state index in [9.17, 15) is 14.9 Å².